The smallest absolute Gasteiger partial charge is 0.215 e. The van der Waals surface area contributed by atoms with E-state index >= 15 is 0 Å². The quantitative estimate of drug-likeness (QED) is 0.267. The second kappa shape index (κ2) is 6.81. The number of para-hydroxylation sites is 1. The second-order valence-corrected chi connectivity index (χ2v) is 4.29. The first kappa shape index (κ1) is 14.2. The van der Waals surface area contributed by atoms with E-state index in [0.29, 0.717) is 24.5 Å². The topological polar surface area (TPSA) is 90.2 Å². The lowest BCUT2D eigenvalue weighted by molar-refractivity contribution is 0.184. The van der Waals surface area contributed by atoms with Crippen LogP contribution in [0.3, 0.4) is 0 Å². The van der Waals surface area contributed by atoms with Crippen LogP contribution in [0.2, 0.25) is 0 Å². The molecule has 2 rings (SSSR count). The third-order valence-electron chi connectivity index (χ3n) is 2.88. The van der Waals surface area contributed by atoms with Gasteiger partial charge in [0, 0.05) is 13.7 Å². The first-order valence-corrected chi connectivity index (χ1v) is 6.39. The lowest BCUT2D eigenvalue weighted by atomic mass is 10.2. The number of ether oxygens (including phenoxy) is 2. The number of fused-ring (bicyclic) bond motifs is 1. The van der Waals surface area contributed by atoms with E-state index in [2.05, 4.69) is 5.16 Å². The van der Waals surface area contributed by atoms with Crippen molar-refractivity contribution in [2.24, 2.45) is 10.9 Å². The van der Waals surface area contributed by atoms with Crippen LogP contribution in [0.1, 0.15) is 18.6 Å². The number of rotatable bonds is 7. The molecule has 0 bridgehead atoms. The number of hydrogen-bond acceptors (Lipinski definition) is 5. The van der Waals surface area contributed by atoms with Gasteiger partial charge in [-0.2, -0.15) is 0 Å². The summed E-state index contributed by atoms with van der Waals surface area (Å²) >= 11 is 0. The minimum Gasteiger partial charge on any atom is -0.489 e. The molecule has 0 saturated heterocycles. The fourth-order valence-electron chi connectivity index (χ4n) is 1.90. The summed E-state index contributed by atoms with van der Waals surface area (Å²) in [6, 6.07) is 7.41. The summed E-state index contributed by atoms with van der Waals surface area (Å²) in [5.74, 6) is 0.654. The van der Waals surface area contributed by atoms with Crippen molar-refractivity contribution >= 4 is 16.8 Å². The van der Waals surface area contributed by atoms with E-state index in [-0.39, 0.29) is 11.6 Å². The summed E-state index contributed by atoms with van der Waals surface area (Å²) in [5.41, 5.74) is 6.26. The van der Waals surface area contributed by atoms with Crippen LogP contribution < -0.4 is 10.5 Å². The van der Waals surface area contributed by atoms with Crippen LogP contribution in [0, 0.1) is 0 Å². The van der Waals surface area contributed by atoms with Gasteiger partial charge in [-0.15, -0.1) is 0 Å². The molecule has 0 radical (unpaired) electrons. The third-order valence-corrected chi connectivity index (χ3v) is 2.88. The number of furan rings is 1. The maximum atomic E-state index is 8.81. The molecule has 6 heteroatoms. The summed E-state index contributed by atoms with van der Waals surface area (Å²) in [6.45, 7) is 1.21. The predicted molar refractivity (Wildman–Crippen MR) is 75.3 cm³/mol. The van der Waals surface area contributed by atoms with Crippen molar-refractivity contribution in [2.45, 2.75) is 12.8 Å². The highest BCUT2D eigenvalue weighted by molar-refractivity contribution is 6.03. The van der Waals surface area contributed by atoms with Crippen LogP contribution in [-0.4, -0.2) is 31.4 Å². The summed E-state index contributed by atoms with van der Waals surface area (Å²) in [6.07, 6.45) is 1.76. The molecule has 20 heavy (non-hydrogen) atoms. The number of unbranched alkanes of at least 4 members (excludes halogenated alkanes) is 1. The molecular weight excluding hydrogens is 260 g/mol. The van der Waals surface area contributed by atoms with Gasteiger partial charge in [-0.25, -0.2) is 0 Å². The lowest BCUT2D eigenvalue weighted by Crippen LogP contribution is -2.13. The Labute approximate surface area is 116 Å². The third kappa shape index (κ3) is 3.03. The Balaban J connectivity index is 2.20. The minimum absolute atomic E-state index is 0.104. The molecule has 0 aliphatic carbocycles. The molecule has 1 heterocycles. The number of methoxy groups -OCH3 is 1. The highest BCUT2D eigenvalue weighted by atomic mass is 16.5. The average Bonchev–Trinajstić information content (AvgIpc) is 2.85. The fraction of sp³-hybridized carbons (Fsp3) is 0.357. The zero-order valence-corrected chi connectivity index (χ0v) is 11.3. The predicted octanol–water partition coefficient (Wildman–Crippen LogP) is 2.33. The van der Waals surface area contributed by atoms with Gasteiger partial charge >= 0.3 is 0 Å². The average molecular weight is 278 g/mol. The Morgan fingerprint density at radius 2 is 2.05 bits per heavy atom. The van der Waals surface area contributed by atoms with E-state index in [1.807, 2.05) is 18.2 Å². The van der Waals surface area contributed by atoms with Crippen LogP contribution >= 0.6 is 0 Å². The molecule has 3 N–H and O–H groups in total. The molecule has 0 spiro atoms. The second-order valence-electron chi connectivity index (χ2n) is 4.29. The van der Waals surface area contributed by atoms with Crippen molar-refractivity contribution in [2.75, 3.05) is 20.3 Å². The molecule has 0 fully saturated rings. The number of amidine groups is 1. The Morgan fingerprint density at radius 1 is 1.30 bits per heavy atom. The number of benzene rings is 1. The molecule has 0 saturated carbocycles. The molecule has 0 amide bonds. The van der Waals surface area contributed by atoms with Gasteiger partial charge in [0.15, 0.2) is 5.75 Å². The van der Waals surface area contributed by atoms with E-state index in [0.717, 1.165) is 18.2 Å². The zero-order chi connectivity index (χ0) is 14.4. The Kier molecular flexibility index (Phi) is 4.84. The van der Waals surface area contributed by atoms with Crippen molar-refractivity contribution in [3.8, 4) is 5.75 Å². The first-order valence-electron chi connectivity index (χ1n) is 6.39. The van der Waals surface area contributed by atoms with E-state index in [4.69, 9.17) is 24.8 Å². The largest absolute Gasteiger partial charge is 0.489 e. The number of nitrogens with zero attached hydrogens (tertiary/aromatic N) is 1. The van der Waals surface area contributed by atoms with Gasteiger partial charge in [-0.05, 0) is 25.0 Å². The van der Waals surface area contributed by atoms with E-state index in [9.17, 15) is 0 Å². The zero-order valence-electron chi connectivity index (χ0n) is 11.3. The maximum Gasteiger partial charge on any atom is 0.215 e. The van der Waals surface area contributed by atoms with E-state index in [1.165, 1.54) is 0 Å². The van der Waals surface area contributed by atoms with Crippen LogP contribution in [0.15, 0.2) is 33.8 Å². The monoisotopic (exact) mass is 278 g/mol. The van der Waals surface area contributed by atoms with Crippen molar-refractivity contribution in [1.29, 1.82) is 0 Å². The normalized spacial score (nSPS) is 11.9. The Hall–Kier alpha value is -2.21. The van der Waals surface area contributed by atoms with E-state index in [1.54, 1.807) is 13.2 Å². The molecule has 2 aromatic rings. The molecule has 108 valence electrons. The first-order chi connectivity index (χ1) is 9.77. The van der Waals surface area contributed by atoms with Crippen molar-refractivity contribution in [3.05, 3.63) is 30.0 Å². The molecule has 0 atom stereocenters. The van der Waals surface area contributed by atoms with Crippen LogP contribution in [0.25, 0.3) is 11.0 Å². The summed E-state index contributed by atoms with van der Waals surface area (Å²) < 4.78 is 16.3. The molecule has 6 nitrogen and oxygen atoms in total. The molecular formula is C14H18N2O4. The Morgan fingerprint density at radius 3 is 2.80 bits per heavy atom. The molecule has 0 aliphatic rings. The Bertz CT molecular complexity index is 592. The lowest BCUT2D eigenvalue weighted by Gasteiger charge is -2.06. The molecule has 0 aliphatic heterocycles. The molecule has 1 aromatic carbocycles. The van der Waals surface area contributed by atoms with Gasteiger partial charge < -0.3 is 24.8 Å². The van der Waals surface area contributed by atoms with Gasteiger partial charge in [0.25, 0.3) is 0 Å². The summed E-state index contributed by atoms with van der Waals surface area (Å²) in [4.78, 5) is 0. The standard InChI is InChI=1S/C14H18N2O4/c1-18-8-4-5-9-19-12-10-6-2-3-7-11(10)20-13(12)14(15)16-17/h2-3,6-7,17H,4-5,8-9H2,1H3,(H2,15,16). The van der Waals surface area contributed by atoms with Crippen LogP contribution in [0.4, 0.5) is 0 Å². The number of nitrogens with two attached hydrogens (primary N) is 1. The number of hydrogen-bond donors (Lipinski definition) is 2. The van der Waals surface area contributed by atoms with Gasteiger partial charge in [-0.1, -0.05) is 17.3 Å². The maximum absolute atomic E-state index is 8.81. The van der Waals surface area contributed by atoms with Crippen molar-refractivity contribution in [1.82, 2.24) is 0 Å². The van der Waals surface area contributed by atoms with Gasteiger partial charge in [0.1, 0.15) is 5.58 Å². The highest BCUT2D eigenvalue weighted by Crippen LogP contribution is 2.33. The van der Waals surface area contributed by atoms with Crippen molar-refractivity contribution in [3.63, 3.8) is 0 Å². The number of oxime groups is 1. The highest BCUT2D eigenvalue weighted by Gasteiger charge is 2.18. The SMILES string of the molecule is COCCCCOc1c(/C(N)=N/O)oc2ccccc12. The summed E-state index contributed by atoms with van der Waals surface area (Å²) in [5, 5.41) is 12.6. The molecule has 1 aromatic heterocycles. The van der Waals surface area contributed by atoms with Gasteiger partial charge in [-0.3, -0.25) is 0 Å². The van der Waals surface area contributed by atoms with Crippen LogP contribution in [0.5, 0.6) is 5.75 Å². The summed E-state index contributed by atoms with van der Waals surface area (Å²) in [7, 11) is 1.67. The fourth-order valence-corrected chi connectivity index (χ4v) is 1.90. The minimum atomic E-state index is -0.104. The van der Waals surface area contributed by atoms with Crippen LogP contribution in [-0.2, 0) is 4.74 Å². The van der Waals surface area contributed by atoms with E-state index < -0.39 is 0 Å². The van der Waals surface area contributed by atoms with Gasteiger partial charge in [0.2, 0.25) is 11.6 Å². The van der Waals surface area contributed by atoms with Crippen molar-refractivity contribution < 1.29 is 19.1 Å². The molecule has 0 unspecified atom stereocenters. The van der Waals surface area contributed by atoms with Gasteiger partial charge in [0.05, 0.1) is 12.0 Å².